The first-order valence-electron chi connectivity index (χ1n) is 8.56. The van der Waals surface area contributed by atoms with Crippen LogP contribution in [0.2, 0.25) is 0 Å². The summed E-state index contributed by atoms with van der Waals surface area (Å²) in [5.41, 5.74) is 4.43. The van der Waals surface area contributed by atoms with Gasteiger partial charge in [0, 0.05) is 12.1 Å². The molecule has 3 nitrogen and oxygen atoms in total. The van der Waals surface area contributed by atoms with Crippen molar-refractivity contribution in [2.75, 3.05) is 11.9 Å². The molecule has 0 saturated heterocycles. The van der Waals surface area contributed by atoms with E-state index < -0.39 is 0 Å². The number of carbonyl (C=O) groups excluding carboxylic acids is 1. The molecule has 2 aromatic carbocycles. The van der Waals surface area contributed by atoms with Crippen molar-refractivity contribution in [2.45, 2.75) is 46.5 Å². The number of anilines is 1. The Kier molecular flexibility index (Phi) is 6.42. The molecule has 0 bridgehead atoms. The van der Waals surface area contributed by atoms with Crippen LogP contribution in [0.25, 0.3) is 0 Å². The standard InChI is InChI=1S/C21H27NO2/c1-15(2)18-8-5-6-9-19(18)22-21(23)10-7-13-24-20-12-11-16(3)14-17(20)4/h5-6,8-9,11-12,14-15H,7,10,13H2,1-4H3,(H,22,23). The van der Waals surface area contributed by atoms with Crippen LogP contribution in [0.1, 0.15) is 49.3 Å². The number of hydrogen-bond acceptors (Lipinski definition) is 2. The van der Waals surface area contributed by atoms with Crippen LogP contribution in [0, 0.1) is 13.8 Å². The highest BCUT2D eigenvalue weighted by Gasteiger charge is 2.09. The second-order valence-electron chi connectivity index (χ2n) is 6.51. The van der Waals surface area contributed by atoms with Crippen LogP contribution in [-0.2, 0) is 4.79 Å². The van der Waals surface area contributed by atoms with Crippen molar-refractivity contribution < 1.29 is 9.53 Å². The monoisotopic (exact) mass is 325 g/mol. The van der Waals surface area contributed by atoms with Crippen molar-refractivity contribution in [1.29, 1.82) is 0 Å². The molecule has 0 aliphatic heterocycles. The highest BCUT2D eigenvalue weighted by Crippen LogP contribution is 2.24. The molecule has 0 spiro atoms. The SMILES string of the molecule is Cc1ccc(OCCCC(=O)Nc2ccccc2C(C)C)c(C)c1. The van der Waals surface area contributed by atoms with E-state index in [0.717, 1.165) is 22.6 Å². The van der Waals surface area contributed by atoms with Gasteiger partial charge in [-0.15, -0.1) is 0 Å². The van der Waals surface area contributed by atoms with Gasteiger partial charge in [0.25, 0.3) is 0 Å². The zero-order valence-corrected chi connectivity index (χ0v) is 15.1. The molecular weight excluding hydrogens is 298 g/mol. The molecule has 0 radical (unpaired) electrons. The largest absolute Gasteiger partial charge is 0.493 e. The Labute approximate surface area is 145 Å². The Balaban J connectivity index is 1.80. The number of ether oxygens (including phenoxy) is 1. The van der Waals surface area contributed by atoms with E-state index in [1.807, 2.05) is 37.3 Å². The lowest BCUT2D eigenvalue weighted by Gasteiger charge is -2.14. The van der Waals surface area contributed by atoms with Gasteiger partial charge >= 0.3 is 0 Å². The van der Waals surface area contributed by atoms with Gasteiger partial charge in [-0.05, 0) is 49.4 Å². The number of carbonyl (C=O) groups is 1. The molecule has 0 fully saturated rings. The van der Waals surface area contributed by atoms with E-state index in [9.17, 15) is 4.79 Å². The van der Waals surface area contributed by atoms with Gasteiger partial charge in [-0.25, -0.2) is 0 Å². The Morgan fingerprint density at radius 1 is 1.12 bits per heavy atom. The molecule has 0 aliphatic rings. The molecule has 2 aromatic rings. The van der Waals surface area contributed by atoms with Gasteiger partial charge in [-0.1, -0.05) is 49.7 Å². The second-order valence-corrected chi connectivity index (χ2v) is 6.51. The summed E-state index contributed by atoms with van der Waals surface area (Å²) in [6.45, 7) is 8.91. The average molecular weight is 325 g/mol. The van der Waals surface area contributed by atoms with Crippen molar-refractivity contribution in [1.82, 2.24) is 0 Å². The summed E-state index contributed by atoms with van der Waals surface area (Å²) >= 11 is 0. The summed E-state index contributed by atoms with van der Waals surface area (Å²) in [6, 6.07) is 14.1. The van der Waals surface area contributed by atoms with Crippen molar-refractivity contribution in [3.8, 4) is 5.75 Å². The fourth-order valence-corrected chi connectivity index (χ4v) is 2.70. The van der Waals surface area contributed by atoms with Crippen LogP contribution in [0.3, 0.4) is 0 Å². The number of para-hydroxylation sites is 1. The second kappa shape index (κ2) is 8.53. The Bertz CT molecular complexity index is 692. The molecule has 0 unspecified atom stereocenters. The third-order valence-electron chi connectivity index (χ3n) is 3.99. The van der Waals surface area contributed by atoms with Crippen molar-refractivity contribution in [2.24, 2.45) is 0 Å². The average Bonchev–Trinajstić information content (AvgIpc) is 2.53. The zero-order valence-electron chi connectivity index (χ0n) is 15.1. The van der Waals surface area contributed by atoms with Crippen molar-refractivity contribution in [3.63, 3.8) is 0 Å². The summed E-state index contributed by atoms with van der Waals surface area (Å²) in [6.07, 6.45) is 1.15. The topological polar surface area (TPSA) is 38.3 Å². The van der Waals surface area contributed by atoms with Crippen molar-refractivity contribution >= 4 is 11.6 Å². The minimum Gasteiger partial charge on any atom is -0.493 e. The molecule has 1 N–H and O–H groups in total. The molecule has 0 saturated carbocycles. The summed E-state index contributed by atoms with van der Waals surface area (Å²) in [5, 5.41) is 3.01. The minimum atomic E-state index is 0.0346. The van der Waals surface area contributed by atoms with E-state index in [2.05, 4.69) is 38.2 Å². The molecule has 0 atom stereocenters. The van der Waals surface area contributed by atoms with Crippen LogP contribution in [0.15, 0.2) is 42.5 Å². The van der Waals surface area contributed by atoms with Gasteiger partial charge < -0.3 is 10.1 Å². The number of nitrogens with one attached hydrogen (secondary N) is 1. The summed E-state index contributed by atoms with van der Waals surface area (Å²) in [5.74, 6) is 1.31. The van der Waals surface area contributed by atoms with Crippen LogP contribution < -0.4 is 10.1 Å². The van der Waals surface area contributed by atoms with Gasteiger partial charge in [0.05, 0.1) is 6.61 Å². The summed E-state index contributed by atoms with van der Waals surface area (Å²) in [7, 11) is 0. The highest BCUT2D eigenvalue weighted by molar-refractivity contribution is 5.91. The molecule has 0 aliphatic carbocycles. The van der Waals surface area contributed by atoms with Crippen LogP contribution in [0.4, 0.5) is 5.69 Å². The fraction of sp³-hybridized carbons (Fsp3) is 0.381. The van der Waals surface area contributed by atoms with Gasteiger partial charge in [-0.2, -0.15) is 0 Å². The number of amides is 1. The molecule has 0 aromatic heterocycles. The van der Waals surface area contributed by atoms with Crippen LogP contribution in [-0.4, -0.2) is 12.5 Å². The van der Waals surface area contributed by atoms with Crippen LogP contribution >= 0.6 is 0 Å². The van der Waals surface area contributed by atoms with Crippen LogP contribution in [0.5, 0.6) is 5.75 Å². The third kappa shape index (κ3) is 5.12. The number of rotatable bonds is 7. The molecule has 2 rings (SSSR count). The highest BCUT2D eigenvalue weighted by atomic mass is 16.5. The number of hydrogen-bond donors (Lipinski definition) is 1. The predicted octanol–water partition coefficient (Wildman–Crippen LogP) is 5.22. The summed E-state index contributed by atoms with van der Waals surface area (Å²) < 4.78 is 5.77. The van der Waals surface area contributed by atoms with E-state index in [0.29, 0.717) is 25.4 Å². The lowest BCUT2D eigenvalue weighted by atomic mass is 10.0. The fourth-order valence-electron chi connectivity index (χ4n) is 2.70. The molecule has 1 amide bonds. The number of benzene rings is 2. The van der Waals surface area contributed by atoms with E-state index in [-0.39, 0.29) is 5.91 Å². The van der Waals surface area contributed by atoms with E-state index in [1.54, 1.807) is 0 Å². The quantitative estimate of drug-likeness (QED) is 0.708. The predicted molar refractivity (Wildman–Crippen MR) is 99.8 cm³/mol. The first kappa shape index (κ1) is 18.1. The minimum absolute atomic E-state index is 0.0346. The van der Waals surface area contributed by atoms with E-state index >= 15 is 0 Å². The normalized spacial score (nSPS) is 10.7. The van der Waals surface area contributed by atoms with Gasteiger partial charge in [0.1, 0.15) is 5.75 Å². The molecule has 3 heteroatoms. The lowest BCUT2D eigenvalue weighted by molar-refractivity contribution is -0.116. The Morgan fingerprint density at radius 2 is 1.88 bits per heavy atom. The summed E-state index contributed by atoms with van der Waals surface area (Å²) in [4.78, 5) is 12.1. The maximum absolute atomic E-state index is 12.1. The van der Waals surface area contributed by atoms with Crippen molar-refractivity contribution in [3.05, 3.63) is 59.2 Å². The van der Waals surface area contributed by atoms with Gasteiger partial charge in [-0.3, -0.25) is 4.79 Å². The number of aryl methyl sites for hydroxylation is 2. The maximum atomic E-state index is 12.1. The molecule has 24 heavy (non-hydrogen) atoms. The maximum Gasteiger partial charge on any atom is 0.224 e. The Morgan fingerprint density at radius 3 is 2.58 bits per heavy atom. The first-order valence-corrected chi connectivity index (χ1v) is 8.56. The third-order valence-corrected chi connectivity index (χ3v) is 3.99. The smallest absolute Gasteiger partial charge is 0.224 e. The molecule has 0 heterocycles. The molecule has 128 valence electrons. The van der Waals surface area contributed by atoms with Gasteiger partial charge in [0.15, 0.2) is 0 Å². The first-order chi connectivity index (χ1) is 11.5. The lowest BCUT2D eigenvalue weighted by Crippen LogP contribution is -2.14. The zero-order chi connectivity index (χ0) is 17.5. The Hall–Kier alpha value is -2.29. The molecular formula is C21H27NO2. The van der Waals surface area contributed by atoms with Gasteiger partial charge in [0.2, 0.25) is 5.91 Å². The van der Waals surface area contributed by atoms with E-state index in [1.165, 1.54) is 5.56 Å². The van der Waals surface area contributed by atoms with E-state index in [4.69, 9.17) is 4.74 Å².